The zero-order valence-corrected chi connectivity index (χ0v) is 15.4. The predicted molar refractivity (Wildman–Crippen MR) is 97.6 cm³/mol. The van der Waals surface area contributed by atoms with Crippen LogP contribution in [0, 0.1) is 5.41 Å². The Kier molecular flexibility index (Phi) is 14.9. The van der Waals surface area contributed by atoms with Crippen molar-refractivity contribution in [2.24, 2.45) is 17.2 Å². The van der Waals surface area contributed by atoms with Crippen LogP contribution < -0.4 is 17.2 Å². The lowest BCUT2D eigenvalue weighted by molar-refractivity contribution is -0.139. The van der Waals surface area contributed by atoms with Gasteiger partial charge in [0.05, 0.1) is 0 Å². The first-order valence-corrected chi connectivity index (χ1v) is 9.46. The molecule has 13 heteroatoms. The molecule has 0 rings (SSSR count). The fraction of sp³-hybridized carbons (Fsp3) is 0.667. The number of carboxylic acid groups (broad SMARTS) is 3. The molecule has 0 unspecified atom stereocenters. The summed E-state index contributed by atoms with van der Waals surface area (Å²) >= 11 is 0. The normalized spacial score (nSPS) is 12.3. The number of rotatable bonds is 11. The molecule has 0 heterocycles. The monoisotopic (exact) mass is 399 g/mol. The van der Waals surface area contributed by atoms with Crippen LogP contribution in [-0.4, -0.2) is 81.3 Å². The van der Waals surface area contributed by atoms with Crippen molar-refractivity contribution in [3.05, 3.63) is 0 Å². The molecule has 0 aliphatic heterocycles. The van der Waals surface area contributed by atoms with Crippen LogP contribution in [0.4, 0.5) is 0 Å². The van der Waals surface area contributed by atoms with E-state index in [0.29, 0.717) is 24.3 Å². The number of aliphatic carboxylic acids is 3. The summed E-state index contributed by atoms with van der Waals surface area (Å²) in [6.45, 7) is -0.227. The molecule has 0 aliphatic carbocycles. The average Bonchev–Trinajstić information content (AvgIpc) is 2.49. The summed E-state index contributed by atoms with van der Waals surface area (Å²) in [6, 6.07) is -1.65. The van der Waals surface area contributed by atoms with Crippen molar-refractivity contribution < 1.29 is 29.7 Å². The van der Waals surface area contributed by atoms with Gasteiger partial charge >= 0.3 is 17.9 Å². The molecule has 11 nitrogen and oxygen atoms in total. The number of nitrogens with one attached hydrogen (secondary N) is 1. The molecular formula is C12H25N5O6S2. The van der Waals surface area contributed by atoms with E-state index in [1.54, 1.807) is 0 Å². The predicted octanol–water partition coefficient (Wildman–Crippen LogP) is -1.13. The van der Waals surface area contributed by atoms with Crippen LogP contribution in [0.2, 0.25) is 0 Å². The van der Waals surface area contributed by atoms with Gasteiger partial charge in [-0.25, -0.2) is 0 Å². The number of carboxylic acids is 3. The number of likely N-dealkylation sites (N-methyl/N-ethyl adjacent to an activating group) is 1. The van der Waals surface area contributed by atoms with Crippen molar-refractivity contribution in [1.82, 2.24) is 4.90 Å². The number of carbonyl (C=O) groups is 3. The Morgan fingerprint density at radius 3 is 1.56 bits per heavy atom. The highest BCUT2D eigenvalue weighted by Crippen LogP contribution is 2.23. The fourth-order valence-electron chi connectivity index (χ4n) is 1.00. The van der Waals surface area contributed by atoms with E-state index in [9.17, 15) is 14.4 Å². The molecule has 0 amide bonds. The first kappa shape index (κ1) is 25.5. The van der Waals surface area contributed by atoms with Crippen LogP contribution in [0.5, 0.6) is 0 Å². The van der Waals surface area contributed by atoms with Gasteiger partial charge in [-0.1, -0.05) is 21.6 Å². The van der Waals surface area contributed by atoms with Crippen LogP contribution in [-0.2, 0) is 14.4 Å². The Morgan fingerprint density at radius 2 is 1.36 bits per heavy atom. The second-order valence-corrected chi connectivity index (χ2v) is 7.45. The summed E-state index contributed by atoms with van der Waals surface area (Å²) in [4.78, 5) is 31.8. The van der Waals surface area contributed by atoms with Gasteiger partial charge in [-0.2, -0.15) is 0 Å². The number of nitrogens with two attached hydrogens (primary N) is 3. The molecule has 0 bridgehead atoms. The summed E-state index contributed by atoms with van der Waals surface area (Å²) in [6.07, 6.45) is 0.802. The Morgan fingerprint density at radius 1 is 1.00 bits per heavy atom. The fourth-order valence-corrected chi connectivity index (χ4v) is 3.22. The van der Waals surface area contributed by atoms with Gasteiger partial charge in [0.1, 0.15) is 18.6 Å². The molecule has 25 heavy (non-hydrogen) atoms. The van der Waals surface area contributed by atoms with E-state index >= 15 is 0 Å². The maximum absolute atomic E-state index is 10.4. The van der Waals surface area contributed by atoms with Crippen molar-refractivity contribution in [1.29, 1.82) is 5.41 Å². The molecule has 2 atom stereocenters. The number of hydrogen-bond donors (Lipinski definition) is 7. The Balaban J connectivity index is 0. The summed E-state index contributed by atoms with van der Waals surface area (Å²) in [5, 5.41) is 31.9. The molecule has 0 aromatic rings. The molecule has 0 aromatic heterocycles. The zero-order chi connectivity index (χ0) is 20.0. The summed E-state index contributed by atoms with van der Waals surface area (Å²) in [5.41, 5.74) is 15.5. The van der Waals surface area contributed by atoms with E-state index in [1.807, 2.05) is 0 Å². The van der Waals surface area contributed by atoms with Crippen LogP contribution in [0.3, 0.4) is 0 Å². The average molecular weight is 399 g/mol. The summed E-state index contributed by atoms with van der Waals surface area (Å²) in [5.74, 6) is -1.98. The molecule has 0 fully saturated rings. The van der Waals surface area contributed by atoms with E-state index in [1.165, 1.54) is 28.6 Å². The SMILES string of the molecule is CN(CC(=O)O)C(=N)N.N[C@@H](CCSSCC[C@H](N)C(=O)O)C(=O)O. The van der Waals surface area contributed by atoms with Crippen LogP contribution in [0.25, 0.3) is 0 Å². The molecule has 0 radical (unpaired) electrons. The third-order valence-electron chi connectivity index (χ3n) is 2.53. The standard InChI is InChI=1S/C8H16N2O4S2.C4H9N3O2/c9-5(7(11)12)1-3-15-16-4-2-6(10)8(13)14;1-7(4(5)6)2-3(8)9/h5-6H,1-4,9-10H2,(H,11,12)(H,13,14);2H2,1H3,(H3,5,6)(H,8,9)/t5-,6-;/m0./s1. The third kappa shape index (κ3) is 16.9. The maximum atomic E-state index is 10.4. The minimum Gasteiger partial charge on any atom is -0.480 e. The Bertz CT molecular complexity index is 430. The first-order chi connectivity index (χ1) is 11.5. The first-order valence-electron chi connectivity index (χ1n) is 6.97. The summed E-state index contributed by atoms with van der Waals surface area (Å²) < 4.78 is 0. The van der Waals surface area contributed by atoms with Crippen molar-refractivity contribution in [3.8, 4) is 0 Å². The van der Waals surface area contributed by atoms with Gasteiger partial charge < -0.3 is 37.4 Å². The molecule has 146 valence electrons. The number of hydrogen-bond acceptors (Lipinski definition) is 8. The summed E-state index contributed by atoms with van der Waals surface area (Å²) in [7, 11) is 4.40. The quantitative estimate of drug-likeness (QED) is 0.0949. The largest absolute Gasteiger partial charge is 0.480 e. The van der Waals surface area contributed by atoms with Gasteiger partial charge in [-0.05, 0) is 12.8 Å². The molecule has 0 saturated carbocycles. The second kappa shape index (κ2) is 14.6. The van der Waals surface area contributed by atoms with Crippen LogP contribution >= 0.6 is 21.6 Å². The lowest BCUT2D eigenvalue weighted by Gasteiger charge is -2.12. The highest BCUT2D eigenvalue weighted by atomic mass is 33.1. The number of guanidine groups is 1. The van der Waals surface area contributed by atoms with E-state index < -0.39 is 30.0 Å². The highest BCUT2D eigenvalue weighted by molar-refractivity contribution is 8.76. The minimum absolute atomic E-state index is 0.227. The molecule has 0 aromatic carbocycles. The van der Waals surface area contributed by atoms with E-state index in [2.05, 4.69) is 0 Å². The smallest absolute Gasteiger partial charge is 0.323 e. The molecular weight excluding hydrogens is 374 g/mol. The molecule has 0 aliphatic rings. The number of nitrogens with zero attached hydrogens (tertiary/aromatic N) is 1. The maximum Gasteiger partial charge on any atom is 0.323 e. The lowest BCUT2D eigenvalue weighted by atomic mass is 10.2. The van der Waals surface area contributed by atoms with Gasteiger partial charge in [-0.15, -0.1) is 0 Å². The van der Waals surface area contributed by atoms with Crippen molar-refractivity contribution in [2.75, 3.05) is 25.1 Å². The molecule has 10 N–H and O–H groups in total. The van der Waals surface area contributed by atoms with E-state index in [-0.39, 0.29) is 12.5 Å². The molecule has 0 spiro atoms. The topological polar surface area (TPSA) is 217 Å². The minimum atomic E-state index is -1.00. The van der Waals surface area contributed by atoms with Crippen LogP contribution in [0.1, 0.15) is 12.8 Å². The second-order valence-electron chi connectivity index (χ2n) is 4.75. The highest BCUT2D eigenvalue weighted by Gasteiger charge is 2.12. The van der Waals surface area contributed by atoms with Gasteiger partial charge in [-0.3, -0.25) is 19.8 Å². The van der Waals surface area contributed by atoms with E-state index in [0.717, 1.165) is 4.90 Å². The van der Waals surface area contributed by atoms with Gasteiger partial charge in [0.15, 0.2) is 5.96 Å². The van der Waals surface area contributed by atoms with E-state index in [4.69, 9.17) is 37.9 Å². The Labute approximate surface area is 153 Å². The van der Waals surface area contributed by atoms with Crippen molar-refractivity contribution in [3.63, 3.8) is 0 Å². The lowest BCUT2D eigenvalue weighted by Crippen LogP contribution is -2.36. The zero-order valence-electron chi connectivity index (χ0n) is 13.8. The van der Waals surface area contributed by atoms with Gasteiger partial charge in [0, 0.05) is 18.6 Å². The Hall–Kier alpha value is -1.70. The van der Waals surface area contributed by atoms with Crippen LogP contribution in [0.15, 0.2) is 0 Å². The molecule has 0 saturated heterocycles. The van der Waals surface area contributed by atoms with Crippen molar-refractivity contribution in [2.45, 2.75) is 24.9 Å². The van der Waals surface area contributed by atoms with Crippen molar-refractivity contribution >= 4 is 45.5 Å². The van der Waals surface area contributed by atoms with Gasteiger partial charge in [0.2, 0.25) is 0 Å². The van der Waals surface area contributed by atoms with Gasteiger partial charge in [0.25, 0.3) is 0 Å². The third-order valence-corrected chi connectivity index (χ3v) is 5.00.